The Morgan fingerprint density at radius 3 is 2.64 bits per heavy atom. The van der Waals surface area contributed by atoms with Crippen molar-refractivity contribution in [1.29, 1.82) is 0 Å². The van der Waals surface area contributed by atoms with Gasteiger partial charge >= 0.3 is 0 Å². The molecule has 0 amide bonds. The monoisotopic (exact) mass is 414 g/mol. The summed E-state index contributed by atoms with van der Waals surface area (Å²) < 4.78 is 1.75. The molecule has 0 N–H and O–H groups in total. The van der Waals surface area contributed by atoms with Crippen LogP contribution in [0.15, 0.2) is 28.2 Å². The molecule has 0 atom stereocenters. The second-order valence-corrected chi connectivity index (χ2v) is 9.34. The lowest BCUT2D eigenvalue weighted by Gasteiger charge is -2.12. The minimum Gasteiger partial charge on any atom is -0.293 e. The Kier molecular flexibility index (Phi) is 6.40. The van der Waals surface area contributed by atoms with Crippen molar-refractivity contribution in [3.63, 3.8) is 0 Å². The summed E-state index contributed by atoms with van der Waals surface area (Å²) in [5, 5.41) is 1.37. The molecule has 0 saturated heterocycles. The SMILES string of the molecule is CCCCn1c(SCC(=O)c2ccc(C)cc2C)nc2sc(C)c(C)c2c1=O. The number of benzene rings is 1. The molecule has 0 unspecified atom stereocenters. The molecule has 1 aromatic carbocycles. The summed E-state index contributed by atoms with van der Waals surface area (Å²) in [5.74, 6) is 0.342. The number of aryl methyl sites for hydroxylation is 4. The molecular weight excluding hydrogens is 388 g/mol. The van der Waals surface area contributed by atoms with Crippen molar-refractivity contribution >= 4 is 39.1 Å². The van der Waals surface area contributed by atoms with E-state index in [4.69, 9.17) is 4.98 Å². The molecular formula is C22H26N2O2S2. The maximum Gasteiger partial charge on any atom is 0.263 e. The molecule has 2 aromatic heterocycles. The average molecular weight is 415 g/mol. The Balaban J connectivity index is 1.95. The highest BCUT2D eigenvalue weighted by Gasteiger charge is 2.18. The van der Waals surface area contributed by atoms with E-state index in [2.05, 4.69) is 6.92 Å². The molecule has 0 aliphatic heterocycles. The fourth-order valence-electron chi connectivity index (χ4n) is 3.27. The Hall–Kier alpha value is -1.92. The molecule has 6 heteroatoms. The molecule has 0 saturated carbocycles. The highest BCUT2D eigenvalue weighted by molar-refractivity contribution is 7.99. The third-order valence-electron chi connectivity index (χ3n) is 5.00. The normalized spacial score (nSPS) is 11.3. The van der Waals surface area contributed by atoms with E-state index in [1.54, 1.807) is 15.9 Å². The first-order valence-electron chi connectivity index (χ1n) is 9.57. The van der Waals surface area contributed by atoms with E-state index in [0.29, 0.717) is 11.7 Å². The van der Waals surface area contributed by atoms with E-state index in [9.17, 15) is 9.59 Å². The van der Waals surface area contributed by atoms with Crippen molar-refractivity contribution in [2.45, 2.75) is 59.2 Å². The third-order valence-corrected chi connectivity index (χ3v) is 7.08. The van der Waals surface area contributed by atoms with Crippen LogP contribution in [-0.4, -0.2) is 21.1 Å². The number of rotatable bonds is 7. The number of thioether (sulfide) groups is 1. The number of nitrogens with zero attached hydrogens (tertiary/aromatic N) is 2. The molecule has 0 aliphatic rings. The summed E-state index contributed by atoms with van der Waals surface area (Å²) in [6.07, 6.45) is 1.91. The molecule has 2 heterocycles. The van der Waals surface area contributed by atoms with Crippen LogP contribution in [0.3, 0.4) is 0 Å². The highest BCUT2D eigenvalue weighted by atomic mass is 32.2. The zero-order valence-electron chi connectivity index (χ0n) is 17.1. The van der Waals surface area contributed by atoms with Crippen LogP contribution >= 0.6 is 23.1 Å². The van der Waals surface area contributed by atoms with E-state index in [1.807, 2.05) is 45.9 Å². The summed E-state index contributed by atoms with van der Waals surface area (Å²) in [6, 6.07) is 5.88. The van der Waals surface area contributed by atoms with Crippen LogP contribution in [0.25, 0.3) is 10.2 Å². The van der Waals surface area contributed by atoms with Crippen molar-refractivity contribution in [2.24, 2.45) is 0 Å². The number of carbonyl (C=O) groups is 1. The number of hydrogen-bond acceptors (Lipinski definition) is 5. The molecule has 28 heavy (non-hydrogen) atoms. The van der Waals surface area contributed by atoms with Gasteiger partial charge in [0.2, 0.25) is 0 Å². The first-order chi connectivity index (χ1) is 13.3. The second kappa shape index (κ2) is 8.62. The van der Waals surface area contributed by atoms with Gasteiger partial charge in [-0.1, -0.05) is 48.9 Å². The van der Waals surface area contributed by atoms with Crippen molar-refractivity contribution in [3.8, 4) is 0 Å². The number of thiophene rings is 1. The number of aromatic nitrogens is 2. The summed E-state index contributed by atoms with van der Waals surface area (Å²) in [6.45, 7) is 10.7. The molecule has 4 nitrogen and oxygen atoms in total. The van der Waals surface area contributed by atoms with Gasteiger partial charge in [-0.25, -0.2) is 4.98 Å². The van der Waals surface area contributed by atoms with Gasteiger partial charge in [-0.15, -0.1) is 11.3 Å². The zero-order chi connectivity index (χ0) is 20.4. The van der Waals surface area contributed by atoms with Gasteiger partial charge in [-0.2, -0.15) is 0 Å². The molecule has 148 valence electrons. The Labute approximate surface area is 174 Å². The lowest BCUT2D eigenvalue weighted by atomic mass is 10.0. The van der Waals surface area contributed by atoms with Gasteiger partial charge in [0.05, 0.1) is 11.1 Å². The standard InChI is InChI=1S/C22H26N2O2S2/c1-6-7-10-24-21(26)19-15(4)16(5)28-20(19)23-22(24)27-12-18(25)17-9-8-13(2)11-14(17)3/h8-9,11H,6-7,10,12H2,1-5H3. The Bertz CT molecular complexity index is 1100. The fourth-order valence-corrected chi connectivity index (χ4v) is 5.25. The number of carbonyl (C=O) groups excluding carboxylic acids is 1. The first kappa shape index (κ1) is 20.8. The summed E-state index contributed by atoms with van der Waals surface area (Å²) in [7, 11) is 0. The molecule has 3 rings (SSSR count). The second-order valence-electron chi connectivity index (χ2n) is 7.20. The Morgan fingerprint density at radius 2 is 1.96 bits per heavy atom. The van der Waals surface area contributed by atoms with Gasteiger partial charge in [-0.3, -0.25) is 14.2 Å². The maximum absolute atomic E-state index is 13.1. The molecule has 0 spiro atoms. The van der Waals surface area contributed by atoms with Crippen LogP contribution in [0.2, 0.25) is 0 Å². The summed E-state index contributed by atoms with van der Waals surface area (Å²) in [5.41, 5.74) is 3.91. The van der Waals surface area contributed by atoms with Crippen LogP contribution in [0.4, 0.5) is 0 Å². The van der Waals surface area contributed by atoms with Gasteiger partial charge in [0, 0.05) is 17.0 Å². The van der Waals surface area contributed by atoms with Crippen LogP contribution in [0, 0.1) is 27.7 Å². The predicted octanol–water partition coefficient (Wildman–Crippen LogP) is 5.47. The maximum atomic E-state index is 13.1. The lowest BCUT2D eigenvalue weighted by molar-refractivity contribution is 0.102. The number of unbranched alkanes of at least 4 members (excludes halogenated alkanes) is 1. The van der Waals surface area contributed by atoms with Crippen LogP contribution in [-0.2, 0) is 6.54 Å². The van der Waals surface area contributed by atoms with Crippen LogP contribution in [0.1, 0.15) is 51.7 Å². The molecule has 0 aliphatic carbocycles. The topological polar surface area (TPSA) is 52.0 Å². The number of ketones is 1. The number of hydrogen-bond donors (Lipinski definition) is 0. The van der Waals surface area contributed by atoms with Crippen LogP contribution < -0.4 is 5.56 Å². The van der Waals surface area contributed by atoms with Crippen LogP contribution in [0.5, 0.6) is 0 Å². The van der Waals surface area contributed by atoms with Crippen molar-refractivity contribution in [3.05, 3.63) is 55.7 Å². The number of Topliss-reactive ketones (excluding diaryl/α,β-unsaturated/α-hetero) is 1. The van der Waals surface area contributed by atoms with Crippen molar-refractivity contribution in [2.75, 3.05) is 5.75 Å². The lowest BCUT2D eigenvalue weighted by Crippen LogP contribution is -2.23. The van der Waals surface area contributed by atoms with Crippen molar-refractivity contribution in [1.82, 2.24) is 9.55 Å². The fraction of sp³-hybridized carbons (Fsp3) is 0.409. The smallest absolute Gasteiger partial charge is 0.263 e. The van der Waals surface area contributed by atoms with Gasteiger partial charge in [-0.05, 0) is 45.2 Å². The molecule has 0 fully saturated rings. The number of fused-ring (bicyclic) bond motifs is 1. The first-order valence-corrected chi connectivity index (χ1v) is 11.4. The van der Waals surface area contributed by atoms with Gasteiger partial charge in [0.25, 0.3) is 5.56 Å². The third kappa shape index (κ3) is 4.08. The molecule has 3 aromatic rings. The molecule has 0 bridgehead atoms. The Morgan fingerprint density at radius 1 is 1.21 bits per heavy atom. The van der Waals surface area contributed by atoms with E-state index in [1.165, 1.54) is 11.8 Å². The van der Waals surface area contributed by atoms with E-state index in [-0.39, 0.29) is 17.1 Å². The van der Waals surface area contributed by atoms with E-state index >= 15 is 0 Å². The summed E-state index contributed by atoms with van der Waals surface area (Å²) in [4.78, 5) is 32.5. The largest absolute Gasteiger partial charge is 0.293 e. The zero-order valence-corrected chi connectivity index (χ0v) is 18.7. The van der Waals surface area contributed by atoms with Crippen molar-refractivity contribution < 1.29 is 4.79 Å². The van der Waals surface area contributed by atoms with Gasteiger partial charge < -0.3 is 0 Å². The van der Waals surface area contributed by atoms with Gasteiger partial charge in [0.1, 0.15) is 4.83 Å². The highest BCUT2D eigenvalue weighted by Crippen LogP contribution is 2.29. The minimum atomic E-state index is 0.0155. The molecule has 0 radical (unpaired) electrons. The van der Waals surface area contributed by atoms with E-state index in [0.717, 1.165) is 50.2 Å². The minimum absolute atomic E-state index is 0.0155. The average Bonchev–Trinajstić information content (AvgIpc) is 2.93. The predicted molar refractivity (Wildman–Crippen MR) is 119 cm³/mol. The van der Waals surface area contributed by atoms with E-state index < -0.39 is 0 Å². The summed E-state index contributed by atoms with van der Waals surface area (Å²) >= 11 is 2.92. The van der Waals surface area contributed by atoms with Gasteiger partial charge in [0.15, 0.2) is 10.9 Å². The quantitative estimate of drug-likeness (QED) is 0.292.